The first-order valence-corrected chi connectivity index (χ1v) is 4.81. The van der Waals surface area contributed by atoms with E-state index in [-0.39, 0.29) is 0 Å². The van der Waals surface area contributed by atoms with Crippen molar-refractivity contribution in [3.05, 3.63) is 23.3 Å². The first-order valence-electron chi connectivity index (χ1n) is 4.81. The Bertz CT molecular complexity index is 201. The molecule has 0 nitrogen and oxygen atoms in total. The largest absolute Gasteiger partial charge is 0.243 e. The van der Waals surface area contributed by atoms with Crippen molar-refractivity contribution < 1.29 is 4.39 Å². The van der Waals surface area contributed by atoms with Gasteiger partial charge in [0.25, 0.3) is 0 Å². The molecule has 1 aliphatic rings. The predicted octanol–water partition coefficient (Wildman–Crippen LogP) is 3.79. The predicted molar refractivity (Wildman–Crippen MR) is 50.9 cm³/mol. The Balaban J connectivity index is 2.71. The summed E-state index contributed by atoms with van der Waals surface area (Å²) < 4.78 is 12.9. The van der Waals surface area contributed by atoms with E-state index >= 15 is 0 Å². The lowest BCUT2D eigenvalue weighted by atomic mass is 9.92. The molecule has 0 saturated heterocycles. The number of allylic oxidation sites excluding steroid dienone is 4. The smallest absolute Gasteiger partial charge is 0.122 e. The molecule has 68 valence electrons. The van der Waals surface area contributed by atoms with Crippen molar-refractivity contribution >= 4 is 0 Å². The minimum atomic E-state index is -0.736. The molecule has 0 aromatic heterocycles. The summed E-state index contributed by atoms with van der Waals surface area (Å²) >= 11 is 0. The van der Waals surface area contributed by atoms with Gasteiger partial charge in [0, 0.05) is 6.42 Å². The number of alkyl halides is 1. The van der Waals surface area contributed by atoms with Gasteiger partial charge in [-0.25, -0.2) is 4.39 Å². The van der Waals surface area contributed by atoms with Crippen LogP contribution in [0.4, 0.5) is 4.39 Å². The van der Waals surface area contributed by atoms with Gasteiger partial charge >= 0.3 is 0 Å². The van der Waals surface area contributed by atoms with Gasteiger partial charge in [-0.15, -0.1) is 0 Å². The van der Waals surface area contributed by atoms with E-state index in [0.29, 0.717) is 6.42 Å². The van der Waals surface area contributed by atoms with E-state index in [1.165, 1.54) is 11.1 Å². The average Bonchev–Trinajstić information content (AvgIpc) is 2.08. The third kappa shape index (κ3) is 2.20. The molecule has 1 heteroatoms. The second-order valence-electron chi connectivity index (χ2n) is 3.31. The quantitative estimate of drug-likeness (QED) is 0.601. The van der Waals surface area contributed by atoms with Crippen LogP contribution >= 0.6 is 0 Å². The molecule has 0 aliphatic heterocycles. The summed E-state index contributed by atoms with van der Waals surface area (Å²) in [6.07, 6.45) is 6.80. The van der Waals surface area contributed by atoms with E-state index < -0.39 is 6.17 Å². The average molecular weight is 168 g/mol. The maximum Gasteiger partial charge on any atom is 0.122 e. The summed E-state index contributed by atoms with van der Waals surface area (Å²) in [6, 6.07) is 0. The molecule has 0 N–H and O–H groups in total. The van der Waals surface area contributed by atoms with Crippen LogP contribution in [0.3, 0.4) is 0 Å². The molecule has 1 rings (SSSR count). The van der Waals surface area contributed by atoms with Crippen LogP contribution in [-0.2, 0) is 0 Å². The second-order valence-corrected chi connectivity index (χ2v) is 3.31. The lowest BCUT2D eigenvalue weighted by Gasteiger charge is -2.16. The second kappa shape index (κ2) is 4.44. The van der Waals surface area contributed by atoms with Crippen molar-refractivity contribution in [2.24, 2.45) is 0 Å². The summed E-state index contributed by atoms with van der Waals surface area (Å²) in [7, 11) is 0. The van der Waals surface area contributed by atoms with Gasteiger partial charge in [0.05, 0.1) is 0 Å². The van der Waals surface area contributed by atoms with Crippen molar-refractivity contribution in [2.45, 2.75) is 45.7 Å². The molecule has 0 aromatic rings. The van der Waals surface area contributed by atoms with Crippen molar-refractivity contribution in [1.82, 2.24) is 0 Å². The van der Waals surface area contributed by atoms with Crippen molar-refractivity contribution in [3.63, 3.8) is 0 Å². The molecule has 0 fully saturated rings. The van der Waals surface area contributed by atoms with E-state index in [0.717, 1.165) is 19.3 Å². The third-order valence-electron chi connectivity index (χ3n) is 2.35. The Morgan fingerprint density at radius 1 is 1.50 bits per heavy atom. The van der Waals surface area contributed by atoms with E-state index in [2.05, 4.69) is 13.8 Å². The highest BCUT2D eigenvalue weighted by Gasteiger charge is 2.12. The molecular formula is C11H17F. The fourth-order valence-electron chi connectivity index (χ4n) is 1.67. The number of hydrogen-bond acceptors (Lipinski definition) is 0. The first-order chi connectivity index (χ1) is 5.77. The van der Waals surface area contributed by atoms with Crippen LogP contribution < -0.4 is 0 Å². The monoisotopic (exact) mass is 168 g/mol. The molecule has 0 bridgehead atoms. The Morgan fingerprint density at radius 2 is 2.25 bits per heavy atom. The van der Waals surface area contributed by atoms with Crippen molar-refractivity contribution in [3.8, 4) is 0 Å². The van der Waals surface area contributed by atoms with Crippen LogP contribution in [0.15, 0.2) is 23.3 Å². The molecule has 0 spiro atoms. The van der Waals surface area contributed by atoms with Gasteiger partial charge in [0.1, 0.15) is 6.17 Å². The van der Waals surface area contributed by atoms with E-state index in [9.17, 15) is 4.39 Å². The van der Waals surface area contributed by atoms with Crippen molar-refractivity contribution in [1.29, 1.82) is 0 Å². The van der Waals surface area contributed by atoms with Crippen molar-refractivity contribution in [2.75, 3.05) is 0 Å². The van der Waals surface area contributed by atoms with E-state index in [1.807, 2.05) is 6.08 Å². The molecule has 0 saturated carbocycles. The van der Waals surface area contributed by atoms with Gasteiger partial charge in [-0.1, -0.05) is 38.0 Å². The van der Waals surface area contributed by atoms with E-state index in [1.54, 1.807) is 6.08 Å². The molecule has 1 aliphatic carbocycles. The summed E-state index contributed by atoms with van der Waals surface area (Å²) in [5, 5.41) is 0. The van der Waals surface area contributed by atoms with Gasteiger partial charge in [0.15, 0.2) is 0 Å². The zero-order valence-electron chi connectivity index (χ0n) is 7.94. The van der Waals surface area contributed by atoms with Crippen LogP contribution in [0.25, 0.3) is 0 Å². The van der Waals surface area contributed by atoms with Crippen LogP contribution in [-0.4, -0.2) is 6.17 Å². The number of rotatable bonds is 3. The summed E-state index contributed by atoms with van der Waals surface area (Å²) in [4.78, 5) is 0. The fraction of sp³-hybridized carbons (Fsp3) is 0.636. The Kier molecular flexibility index (Phi) is 3.51. The first kappa shape index (κ1) is 9.50. The molecule has 0 heterocycles. The van der Waals surface area contributed by atoms with E-state index in [4.69, 9.17) is 0 Å². The van der Waals surface area contributed by atoms with Gasteiger partial charge in [-0.2, -0.15) is 0 Å². The lowest BCUT2D eigenvalue weighted by Crippen LogP contribution is -2.05. The molecular weight excluding hydrogens is 151 g/mol. The summed E-state index contributed by atoms with van der Waals surface area (Å²) in [6.45, 7) is 4.27. The van der Waals surface area contributed by atoms with Gasteiger partial charge < -0.3 is 0 Å². The zero-order valence-corrected chi connectivity index (χ0v) is 7.94. The highest BCUT2D eigenvalue weighted by Crippen LogP contribution is 2.26. The Morgan fingerprint density at radius 3 is 2.83 bits per heavy atom. The summed E-state index contributed by atoms with van der Waals surface area (Å²) in [5.41, 5.74) is 2.68. The Hall–Kier alpha value is -0.590. The molecule has 0 radical (unpaired) electrons. The molecule has 1 unspecified atom stereocenters. The maximum absolute atomic E-state index is 12.9. The molecule has 0 amide bonds. The SMILES string of the molecule is CCCC1=C(CC)CC(F)C=C1. The highest BCUT2D eigenvalue weighted by molar-refractivity contribution is 5.31. The number of halogens is 1. The van der Waals surface area contributed by atoms with Crippen LogP contribution in [0.1, 0.15) is 39.5 Å². The molecule has 12 heavy (non-hydrogen) atoms. The van der Waals surface area contributed by atoms with Crippen LogP contribution in [0, 0.1) is 0 Å². The van der Waals surface area contributed by atoms with Crippen LogP contribution in [0.5, 0.6) is 0 Å². The highest BCUT2D eigenvalue weighted by atomic mass is 19.1. The lowest BCUT2D eigenvalue weighted by molar-refractivity contribution is 0.390. The Labute approximate surface area is 74.2 Å². The minimum Gasteiger partial charge on any atom is -0.243 e. The fourth-order valence-corrected chi connectivity index (χ4v) is 1.67. The van der Waals surface area contributed by atoms with Gasteiger partial charge in [0.2, 0.25) is 0 Å². The van der Waals surface area contributed by atoms with Gasteiger partial charge in [-0.3, -0.25) is 0 Å². The third-order valence-corrected chi connectivity index (χ3v) is 2.35. The normalized spacial score (nSPS) is 23.4. The van der Waals surface area contributed by atoms with Crippen LogP contribution in [0.2, 0.25) is 0 Å². The standard InChI is InChI=1S/C11H17F/c1-3-5-10-6-7-11(12)8-9(10)4-2/h6-7,11H,3-5,8H2,1-2H3. The molecule has 0 aromatic carbocycles. The van der Waals surface area contributed by atoms with Gasteiger partial charge in [-0.05, 0) is 18.4 Å². The minimum absolute atomic E-state index is 0.627. The maximum atomic E-state index is 12.9. The molecule has 1 atom stereocenters. The topological polar surface area (TPSA) is 0 Å². The zero-order chi connectivity index (χ0) is 8.97. The number of hydrogen-bond donors (Lipinski definition) is 0. The summed E-state index contributed by atoms with van der Waals surface area (Å²) in [5.74, 6) is 0.